The maximum Gasteiger partial charge on any atom is 0.350 e. The minimum absolute atomic E-state index is 0.210. The third-order valence-corrected chi connectivity index (χ3v) is 5.97. The molecule has 1 aliphatic rings. The van der Waals surface area contributed by atoms with E-state index in [1.54, 1.807) is 42.6 Å². The molecule has 0 atom stereocenters. The van der Waals surface area contributed by atoms with E-state index in [1.807, 2.05) is 4.90 Å². The number of benzene rings is 2. The minimum Gasteiger partial charge on any atom is -0.457 e. The van der Waals surface area contributed by atoms with E-state index < -0.39 is 22.9 Å². The lowest BCUT2D eigenvalue weighted by Gasteiger charge is -2.44. The summed E-state index contributed by atoms with van der Waals surface area (Å²) < 4.78 is 41.4. The molecule has 1 saturated heterocycles. The maximum atomic E-state index is 14.0. The number of hydrogen-bond acceptors (Lipinski definition) is 7. The van der Waals surface area contributed by atoms with Crippen LogP contribution in [0.4, 0.5) is 14.6 Å². The van der Waals surface area contributed by atoms with E-state index in [-0.39, 0.29) is 12.1 Å². The van der Waals surface area contributed by atoms with Gasteiger partial charge in [0, 0.05) is 24.9 Å². The van der Waals surface area contributed by atoms with E-state index in [9.17, 15) is 18.8 Å². The number of nitriles is 1. The lowest BCUT2D eigenvalue weighted by molar-refractivity contribution is 0.0151. The quantitative estimate of drug-likeness (QED) is 0.392. The Morgan fingerprint density at radius 2 is 1.81 bits per heavy atom. The first-order valence-electron chi connectivity index (χ1n) is 10.9. The molecule has 5 rings (SSSR count). The van der Waals surface area contributed by atoms with Gasteiger partial charge in [0.05, 0.1) is 25.3 Å². The van der Waals surface area contributed by atoms with Crippen molar-refractivity contribution in [3.05, 3.63) is 94.8 Å². The van der Waals surface area contributed by atoms with Crippen molar-refractivity contribution < 1.29 is 18.3 Å². The van der Waals surface area contributed by atoms with Crippen molar-refractivity contribution in [1.82, 2.24) is 19.3 Å². The summed E-state index contributed by atoms with van der Waals surface area (Å²) in [4.78, 5) is 19.0. The summed E-state index contributed by atoms with van der Waals surface area (Å²) in [5, 5.41) is 13.3. The fourth-order valence-corrected chi connectivity index (χ4v) is 3.88. The molecule has 2 aromatic carbocycles. The van der Waals surface area contributed by atoms with Gasteiger partial charge in [-0.25, -0.2) is 18.6 Å². The van der Waals surface area contributed by atoms with Gasteiger partial charge in [-0.1, -0.05) is 6.07 Å². The Bertz CT molecular complexity index is 1480. The lowest BCUT2D eigenvalue weighted by atomic mass is 9.96. The van der Waals surface area contributed by atoms with Gasteiger partial charge in [-0.3, -0.25) is 4.57 Å². The van der Waals surface area contributed by atoms with Crippen LogP contribution >= 0.6 is 0 Å². The summed E-state index contributed by atoms with van der Waals surface area (Å²) in [5.41, 5.74) is -1.10. The highest BCUT2D eigenvalue weighted by Crippen LogP contribution is 2.31. The van der Waals surface area contributed by atoms with Crippen molar-refractivity contribution in [2.75, 3.05) is 25.1 Å². The summed E-state index contributed by atoms with van der Waals surface area (Å²) in [6, 6.07) is 15.8. The van der Waals surface area contributed by atoms with Crippen molar-refractivity contribution in [2.45, 2.75) is 12.1 Å². The molecule has 0 bridgehead atoms. The molecule has 0 radical (unpaired) electrons. The molecular weight excluding hydrogens is 470 g/mol. The Morgan fingerprint density at radius 3 is 2.47 bits per heavy atom. The third kappa shape index (κ3) is 4.30. The van der Waals surface area contributed by atoms with Crippen LogP contribution in [0.3, 0.4) is 0 Å². The molecule has 36 heavy (non-hydrogen) atoms. The van der Waals surface area contributed by atoms with Crippen LogP contribution in [0.2, 0.25) is 0 Å². The van der Waals surface area contributed by atoms with Crippen molar-refractivity contribution >= 4 is 5.82 Å². The Hall–Kier alpha value is -4.56. The van der Waals surface area contributed by atoms with Crippen LogP contribution in [0.15, 0.2) is 71.9 Å². The molecule has 0 saturated carbocycles. The maximum absolute atomic E-state index is 14.0. The molecule has 2 aromatic heterocycles. The molecule has 0 aliphatic carbocycles. The topological polar surface area (TPSA) is 98.2 Å². The average Bonchev–Trinajstić information content (AvgIpc) is 3.22. The Balaban J connectivity index is 1.29. The van der Waals surface area contributed by atoms with Crippen molar-refractivity contribution in [3.63, 3.8) is 0 Å². The molecule has 0 spiro atoms. The second-order valence-corrected chi connectivity index (χ2v) is 8.27. The fraction of sp³-hybridized carbons (Fsp3) is 0.200. The van der Waals surface area contributed by atoms with E-state index in [0.717, 1.165) is 21.4 Å². The number of rotatable bonds is 7. The molecule has 4 aromatic rings. The highest BCUT2D eigenvalue weighted by atomic mass is 19.1. The first-order chi connectivity index (χ1) is 17.4. The molecule has 182 valence electrons. The fourth-order valence-electron chi connectivity index (χ4n) is 3.88. The van der Waals surface area contributed by atoms with Gasteiger partial charge in [-0.2, -0.15) is 15.0 Å². The monoisotopic (exact) mass is 490 g/mol. The van der Waals surface area contributed by atoms with E-state index in [1.165, 1.54) is 19.5 Å². The molecule has 1 fully saturated rings. The van der Waals surface area contributed by atoms with Gasteiger partial charge in [0.25, 0.3) is 0 Å². The van der Waals surface area contributed by atoms with Crippen LogP contribution in [0, 0.1) is 23.0 Å². The summed E-state index contributed by atoms with van der Waals surface area (Å²) in [6.07, 6.45) is 2.85. The molecule has 3 heterocycles. The van der Waals surface area contributed by atoms with E-state index in [0.29, 0.717) is 36.1 Å². The summed E-state index contributed by atoms with van der Waals surface area (Å²) >= 11 is 0. The number of ether oxygens (including phenoxy) is 2. The highest BCUT2D eigenvalue weighted by Gasteiger charge is 2.44. The second-order valence-electron chi connectivity index (χ2n) is 8.27. The smallest absolute Gasteiger partial charge is 0.350 e. The first kappa shape index (κ1) is 23.2. The second kappa shape index (κ2) is 9.24. The molecule has 0 unspecified atom stereocenters. The van der Waals surface area contributed by atoms with Gasteiger partial charge in [-0.05, 0) is 42.5 Å². The minimum atomic E-state index is -0.817. The van der Waals surface area contributed by atoms with Crippen LogP contribution in [-0.4, -0.2) is 45.1 Å². The molecule has 0 amide bonds. The van der Waals surface area contributed by atoms with Crippen LogP contribution < -0.4 is 15.3 Å². The number of halogens is 2. The number of methoxy groups -OCH3 is 1. The number of nitrogens with zero attached hydrogens (tertiary/aromatic N) is 6. The first-order valence-corrected chi connectivity index (χ1v) is 10.9. The van der Waals surface area contributed by atoms with Gasteiger partial charge in [-0.15, -0.1) is 0 Å². The van der Waals surface area contributed by atoms with Gasteiger partial charge < -0.3 is 14.4 Å². The highest BCUT2D eigenvalue weighted by molar-refractivity contribution is 5.50. The summed E-state index contributed by atoms with van der Waals surface area (Å²) in [6.45, 7) is 0.548. The summed E-state index contributed by atoms with van der Waals surface area (Å²) in [7, 11) is 1.51. The number of anilines is 1. The van der Waals surface area contributed by atoms with Gasteiger partial charge in [0.2, 0.25) is 0 Å². The number of aromatic nitrogens is 4. The summed E-state index contributed by atoms with van der Waals surface area (Å²) in [5.74, 6) is 0.271. The molecule has 11 heteroatoms. The van der Waals surface area contributed by atoms with Gasteiger partial charge in [0.1, 0.15) is 41.3 Å². The van der Waals surface area contributed by atoms with E-state index in [4.69, 9.17) is 9.47 Å². The van der Waals surface area contributed by atoms with Crippen LogP contribution in [-0.2, 0) is 11.3 Å². The van der Waals surface area contributed by atoms with Crippen LogP contribution in [0.1, 0.15) is 5.56 Å². The molecule has 9 nitrogen and oxygen atoms in total. The van der Waals surface area contributed by atoms with Crippen LogP contribution in [0.25, 0.3) is 5.69 Å². The van der Waals surface area contributed by atoms with Crippen molar-refractivity contribution in [1.29, 1.82) is 5.26 Å². The largest absolute Gasteiger partial charge is 0.457 e. The number of pyridine rings is 1. The standard InChI is InChI=1S/C25H20F2N6O3/c1-35-25(13-28)14-32(15-25)23-11-19(9-10-29-23)36-18-7-5-17(6-8-18)33-24(34)31(16-30-33)12-20-21(26)3-2-4-22(20)27/h2-11,16H,12,14-15H2,1H3. The van der Waals surface area contributed by atoms with E-state index >= 15 is 0 Å². The average molecular weight is 490 g/mol. The zero-order valence-electron chi connectivity index (χ0n) is 19.1. The molecule has 1 aliphatic heterocycles. The lowest BCUT2D eigenvalue weighted by Crippen LogP contribution is -2.62. The third-order valence-electron chi connectivity index (χ3n) is 5.97. The zero-order valence-corrected chi connectivity index (χ0v) is 19.1. The Labute approximate surface area is 204 Å². The van der Waals surface area contributed by atoms with Crippen molar-refractivity contribution in [3.8, 4) is 23.3 Å². The van der Waals surface area contributed by atoms with Crippen LogP contribution in [0.5, 0.6) is 11.5 Å². The Kier molecular flexibility index (Phi) is 5.95. The van der Waals surface area contributed by atoms with Crippen molar-refractivity contribution in [2.24, 2.45) is 0 Å². The number of hydrogen-bond donors (Lipinski definition) is 0. The van der Waals surface area contributed by atoms with E-state index in [2.05, 4.69) is 16.2 Å². The predicted octanol–water partition coefficient (Wildman–Crippen LogP) is 3.28. The Morgan fingerprint density at radius 1 is 1.08 bits per heavy atom. The molecule has 0 N–H and O–H groups in total. The van der Waals surface area contributed by atoms with Gasteiger partial charge >= 0.3 is 5.69 Å². The normalized spacial score (nSPS) is 14.2. The van der Waals surface area contributed by atoms with Gasteiger partial charge in [0.15, 0.2) is 5.60 Å². The zero-order chi connectivity index (χ0) is 25.3. The predicted molar refractivity (Wildman–Crippen MR) is 125 cm³/mol. The molecular formula is C25H20F2N6O3. The SMILES string of the molecule is COC1(C#N)CN(c2cc(Oc3ccc(-n4ncn(Cc5c(F)cccc5F)c4=O)cc3)ccn2)C1.